The number of hydrogen-bond acceptors (Lipinski definition) is 5. The van der Waals surface area contributed by atoms with Crippen molar-refractivity contribution < 1.29 is 9.63 Å². The first kappa shape index (κ1) is 11.2. The lowest BCUT2D eigenvalue weighted by Gasteiger charge is -2.25. The van der Waals surface area contributed by atoms with Crippen LogP contribution in [0.4, 0.5) is 0 Å². The summed E-state index contributed by atoms with van der Waals surface area (Å²) >= 11 is 0. The Hall–Kier alpha value is -0.940. The van der Waals surface area contributed by atoms with Crippen LogP contribution < -0.4 is 0 Å². The molecule has 0 unspecified atom stereocenters. The molecule has 1 saturated heterocycles. The highest BCUT2D eigenvalue weighted by Gasteiger charge is 2.38. The summed E-state index contributed by atoms with van der Waals surface area (Å²) in [6.07, 6.45) is 2.78. The fraction of sp³-hybridized carbons (Fsp3) is 0.833. The predicted molar refractivity (Wildman–Crippen MR) is 61.5 cm³/mol. The first-order chi connectivity index (χ1) is 8.15. The maximum atomic E-state index is 9.78. The third-order valence-electron chi connectivity index (χ3n) is 3.67. The molecule has 0 amide bonds. The fourth-order valence-electron chi connectivity index (χ4n) is 2.54. The SMILES string of the molecule is CC(C)N1C[C@H](O)C[C@H]1c1nc(C2CC2)no1. The van der Waals surface area contributed by atoms with Crippen LogP contribution >= 0.6 is 0 Å². The second-order valence-electron chi connectivity index (χ2n) is 5.46. The maximum Gasteiger partial charge on any atom is 0.244 e. The number of nitrogens with zero attached hydrogens (tertiary/aromatic N) is 3. The highest BCUT2D eigenvalue weighted by molar-refractivity contribution is 5.06. The van der Waals surface area contributed by atoms with Gasteiger partial charge in [-0.2, -0.15) is 4.98 Å². The van der Waals surface area contributed by atoms with E-state index < -0.39 is 0 Å². The molecule has 2 atom stereocenters. The summed E-state index contributed by atoms with van der Waals surface area (Å²) in [4.78, 5) is 6.72. The van der Waals surface area contributed by atoms with E-state index in [0.717, 1.165) is 5.82 Å². The number of hydrogen-bond donors (Lipinski definition) is 1. The quantitative estimate of drug-likeness (QED) is 0.862. The standard InChI is InChI=1S/C12H19N3O2/c1-7(2)15-6-9(16)5-10(15)12-13-11(14-17-12)8-3-4-8/h7-10,16H,3-6H2,1-2H3/t9-,10+/m1/s1. The molecule has 3 rings (SSSR count). The van der Waals surface area contributed by atoms with E-state index in [4.69, 9.17) is 4.52 Å². The molecule has 5 heteroatoms. The Kier molecular flexibility index (Phi) is 2.67. The summed E-state index contributed by atoms with van der Waals surface area (Å²) in [5, 5.41) is 13.8. The summed E-state index contributed by atoms with van der Waals surface area (Å²) in [6.45, 7) is 4.95. The zero-order chi connectivity index (χ0) is 12.0. The number of aliphatic hydroxyl groups is 1. The van der Waals surface area contributed by atoms with Crippen molar-refractivity contribution in [2.24, 2.45) is 0 Å². The van der Waals surface area contributed by atoms with Crippen LogP contribution in [-0.4, -0.2) is 38.8 Å². The van der Waals surface area contributed by atoms with Gasteiger partial charge in [-0.3, -0.25) is 4.90 Å². The summed E-state index contributed by atoms with van der Waals surface area (Å²) in [5.74, 6) is 2.05. The molecule has 2 fully saturated rings. The molecule has 0 aromatic carbocycles. The molecular weight excluding hydrogens is 218 g/mol. The van der Waals surface area contributed by atoms with Crippen molar-refractivity contribution in [3.05, 3.63) is 11.7 Å². The minimum absolute atomic E-state index is 0.0880. The van der Waals surface area contributed by atoms with E-state index in [2.05, 4.69) is 28.9 Å². The van der Waals surface area contributed by atoms with Crippen LogP contribution in [0.2, 0.25) is 0 Å². The van der Waals surface area contributed by atoms with Gasteiger partial charge in [0.15, 0.2) is 5.82 Å². The summed E-state index contributed by atoms with van der Waals surface area (Å²) < 4.78 is 5.36. The molecule has 1 saturated carbocycles. The van der Waals surface area contributed by atoms with E-state index in [0.29, 0.717) is 30.8 Å². The molecule has 1 aliphatic heterocycles. The molecule has 1 aromatic heterocycles. The molecule has 0 bridgehead atoms. The lowest BCUT2D eigenvalue weighted by atomic mass is 10.2. The number of aliphatic hydroxyl groups excluding tert-OH is 1. The summed E-state index contributed by atoms with van der Waals surface area (Å²) in [5.41, 5.74) is 0. The second kappa shape index (κ2) is 4.07. The molecule has 94 valence electrons. The largest absolute Gasteiger partial charge is 0.392 e. The lowest BCUT2D eigenvalue weighted by Crippen LogP contribution is -2.31. The van der Waals surface area contributed by atoms with Gasteiger partial charge in [0.05, 0.1) is 12.1 Å². The average molecular weight is 237 g/mol. The second-order valence-corrected chi connectivity index (χ2v) is 5.46. The monoisotopic (exact) mass is 237 g/mol. The number of likely N-dealkylation sites (tertiary alicyclic amines) is 1. The molecule has 0 radical (unpaired) electrons. The normalized spacial score (nSPS) is 30.4. The minimum atomic E-state index is -0.279. The molecule has 0 spiro atoms. The lowest BCUT2D eigenvalue weighted by molar-refractivity contribution is 0.150. The van der Waals surface area contributed by atoms with Gasteiger partial charge >= 0.3 is 0 Å². The number of aromatic nitrogens is 2. The van der Waals surface area contributed by atoms with Crippen molar-refractivity contribution in [3.8, 4) is 0 Å². The van der Waals surface area contributed by atoms with Crippen LogP contribution in [0.3, 0.4) is 0 Å². The van der Waals surface area contributed by atoms with Crippen molar-refractivity contribution in [1.82, 2.24) is 15.0 Å². The maximum absolute atomic E-state index is 9.78. The Morgan fingerprint density at radius 1 is 1.41 bits per heavy atom. The molecular formula is C12H19N3O2. The zero-order valence-electron chi connectivity index (χ0n) is 10.3. The Morgan fingerprint density at radius 3 is 2.82 bits per heavy atom. The molecule has 17 heavy (non-hydrogen) atoms. The van der Waals surface area contributed by atoms with Gasteiger partial charge in [0, 0.05) is 18.5 Å². The number of rotatable bonds is 3. The van der Waals surface area contributed by atoms with Gasteiger partial charge in [-0.1, -0.05) is 5.16 Å². The highest BCUT2D eigenvalue weighted by Crippen LogP contribution is 2.40. The van der Waals surface area contributed by atoms with Crippen LogP contribution in [0, 0.1) is 0 Å². The Bertz CT molecular complexity index is 400. The zero-order valence-corrected chi connectivity index (χ0v) is 10.3. The van der Waals surface area contributed by atoms with E-state index in [1.165, 1.54) is 12.8 Å². The topological polar surface area (TPSA) is 62.4 Å². The molecule has 2 aliphatic rings. The van der Waals surface area contributed by atoms with Gasteiger partial charge in [0.2, 0.25) is 5.89 Å². The van der Waals surface area contributed by atoms with E-state index in [-0.39, 0.29) is 12.1 Å². The van der Waals surface area contributed by atoms with Crippen LogP contribution in [-0.2, 0) is 0 Å². The predicted octanol–water partition coefficient (Wildman–Crippen LogP) is 1.46. The Morgan fingerprint density at radius 2 is 2.18 bits per heavy atom. The van der Waals surface area contributed by atoms with Gasteiger partial charge in [-0.05, 0) is 33.1 Å². The van der Waals surface area contributed by atoms with Crippen molar-refractivity contribution >= 4 is 0 Å². The van der Waals surface area contributed by atoms with Crippen molar-refractivity contribution in [2.75, 3.05) is 6.54 Å². The molecule has 5 nitrogen and oxygen atoms in total. The van der Waals surface area contributed by atoms with Gasteiger partial charge < -0.3 is 9.63 Å². The first-order valence-electron chi connectivity index (χ1n) is 6.42. The van der Waals surface area contributed by atoms with Gasteiger partial charge in [-0.25, -0.2) is 0 Å². The van der Waals surface area contributed by atoms with E-state index in [9.17, 15) is 5.11 Å². The molecule has 2 heterocycles. The molecule has 1 aromatic rings. The van der Waals surface area contributed by atoms with E-state index in [1.807, 2.05) is 0 Å². The van der Waals surface area contributed by atoms with E-state index in [1.54, 1.807) is 0 Å². The average Bonchev–Trinajstić information content (AvgIpc) is 2.88. The Balaban J connectivity index is 1.80. The van der Waals surface area contributed by atoms with Crippen LogP contribution in [0.5, 0.6) is 0 Å². The van der Waals surface area contributed by atoms with Crippen LogP contribution in [0.15, 0.2) is 4.52 Å². The molecule has 1 aliphatic carbocycles. The summed E-state index contributed by atoms with van der Waals surface area (Å²) in [7, 11) is 0. The Labute approximate surface area is 101 Å². The van der Waals surface area contributed by atoms with Crippen LogP contribution in [0.1, 0.15) is 56.8 Å². The first-order valence-corrected chi connectivity index (χ1v) is 6.42. The third-order valence-corrected chi connectivity index (χ3v) is 3.67. The van der Waals surface area contributed by atoms with Gasteiger partial charge in [-0.15, -0.1) is 0 Å². The van der Waals surface area contributed by atoms with Gasteiger partial charge in [0.25, 0.3) is 0 Å². The van der Waals surface area contributed by atoms with Gasteiger partial charge in [0.1, 0.15) is 0 Å². The highest BCUT2D eigenvalue weighted by atomic mass is 16.5. The molecule has 1 N–H and O–H groups in total. The van der Waals surface area contributed by atoms with Crippen LogP contribution in [0.25, 0.3) is 0 Å². The summed E-state index contributed by atoms with van der Waals surface area (Å²) in [6, 6.07) is 0.471. The van der Waals surface area contributed by atoms with Crippen molar-refractivity contribution in [1.29, 1.82) is 0 Å². The fourth-order valence-corrected chi connectivity index (χ4v) is 2.54. The van der Waals surface area contributed by atoms with E-state index >= 15 is 0 Å². The third kappa shape index (κ3) is 2.09. The van der Waals surface area contributed by atoms with Crippen molar-refractivity contribution in [3.63, 3.8) is 0 Å². The van der Waals surface area contributed by atoms with Crippen molar-refractivity contribution in [2.45, 2.75) is 57.2 Å². The number of β-amino-alcohol motifs (C(OH)–C–C–N with tert-alkyl or cyclic N) is 1. The minimum Gasteiger partial charge on any atom is -0.392 e. The smallest absolute Gasteiger partial charge is 0.244 e.